The summed E-state index contributed by atoms with van der Waals surface area (Å²) >= 11 is 0. The van der Waals surface area contributed by atoms with Gasteiger partial charge in [-0.3, -0.25) is 9.59 Å². The van der Waals surface area contributed by atoms with Crippen LogP contribution in [0.4, 0.5) is 0 Å². The van der Waals surface area contributed by atoms with E-state index in [1.165, 1.54) is 154 Å². The van der Waals surface area contributed by atoms with Crippen LogP contribution in [0.2, 0.25) is 0 Å². The number of aliphatic carboxylic acids is 1. The maximum Gasteiger partial charge on any atom is 0.306 e. The molecule has 0 radical (unpaired) electrons. The highest BCUT2D eigenvalue weighted by Crippen LogP contribution is 2.17. The molecule has 2 atom stereocenters. The molecule has 0 aromatic carbocycles. The van der Waals surface area contributed by atoms with Crippen LogP contribution in [-0.2, 0) is 33.3 Å². The highest BCUT2D eigenvalue weighted by Gasteiger charge is 2.22. The number of unbranched alkanes of at least 4 members (excludes halogenated alkanes) is 30. The molecule has 0 saturated heterocycles. The Labute approximate surface area is 444 Å². The number of likely N-dealkylation sites (N-methyl/N-ethyl adjacent to an activating group) is 1. The molecule has 0 aliphatic carbocycles. The SMILES string of the molecule is CC/C=C\C/C=C\C/C=C\C/C=C\C/C=C\CCCCCCCCCCCCCC(=O)OC(COC(=O)CCCCCCCCCCCCCCCCCCCCCC)COC(OCC[N+](C)(C)C)C(=O)[O-]. The Morgan fingerprint density at radius 3 is 1.18 bits per heavy atom. The molecule has 0 heterocycles. The van der Waals surface area contributed by atoms with Gasteiger partial charge in [0.15, 0.2) is 12.4 Å². The van der Waals surface area contributed by atoms with Crippen LogP contribution >= 0.6 is 0 Å². The zero-order chi connectivity index (χ0) is 52.7. The van der Waals surface area contributed by atoms with E-state index in [9.17, 15) is 19.5 Å². The van der Waals surface area contributed by atoms with Crippen molar-refractivity contribution in [1.29, 1.82) is 0 Å². The molecule has 0 aromatic rings. The van der Waals surface area contributed by atoms with Gasteiger partial charge in [-0.1, -0.05) is 254 Å². The highest BCUT2D eigenvalue weighted by atomic mass is 16.7. The molecule has 0 aromatic heterocycles. The first-order valence-corrected chi connectivity index (χ1v) is 29.9. The molecule has 0 fully saturated rings. The van der Waals surface area contributed by atoms with E-state index in [4.69, 9.17) is 18.9 Å². The number of carbonyl (C=O) groups is 3. The lowest BCUT2D eigenvalue weighted by atomic mass is 10.0. The summed E-state index contributed by atoms with van der Waals surface area (Å²) in [6, 6.07) is 0. The summed E-state index contributed by atoms with van der Waals surface area (Å²) in [6.07, 6.45) is 65.5. The largest absolute Gasteiger partial charge is 0.545 e. The Balaban J connectivity index is 4.22. The number of allylic oxidation sites excluding steroid dienone is 10. The standard InChI is InChI=1S/C63H113NO8/c1-6-8-10-12-14-16-18-20-22-24-26-28-29-30-31-32-33-34-36-38-40-42-44-46-48-50-52-54-61(66)72-59(58-71-63(62(67)68)69-56-55-64(3,4)5)57-70-60(65)53-51-49-47-45-43-41-39-37-35-27-25-23-21-19-17-15-13-11-9-7-2/h8,10,14,16,20,22,26,28,30-31,59,63H,6-7,9,11-13,15,17-19,21,23-25,27,29,32-58H2,1-5H3/b10-8-,16-14-,22-20-,28-26-,31-30-. The summed E-state index contributed by atoms with van der Waals surface area (Å²) in [6.45, 7) is 4.66. The molecule has 0 N–H and O–H groups in total. The van der Waals surface area contributed by atoms with Gasteiger partial charge < -0.3 is 33.3 Å². The molecule has 0 spiro atoms. The van der Waals surface area contributed by atoms with Crippen LogP contribution in [-0.4, -0.2) is 82.3 Å². The molecule has 0 bridgehead atoms. The maximum absolute atomic E-state index is 12.9. The molecule has 2 unspecified atom stereocenters. The lowest BCUT2D eigenvalue weighted by molar-refractivity contribution is -0.870. The van der Waals surface area contributed by atoms with Crippen LogP contribution in [0.15, 0.2) is 60.8 Å². The Bertz CT molecular complexity index is 1360. The van der Waals surface area contributed by atoms with E-state index in [-0.39, 0.29) is 32.2 Å². The molecule has 9 nitrogen and oxygen atoms in total. The molecule has 72 heavy (non-hydrogen) atoms. The van der Waals surface area contributed by atoms with Gasteiger partial charge in [0.2, 0.25) is 0 Å². The fraction of sp³-hybridized carbons (Fsp3) is 0.794. The smallest absolute Gasteiger partial charge is 0.306 e. The van der Waals surface area contributed by atoms with Crippen LogP contribution < -0.4 is 5.11 Å². The second-order valence-electron chi connectivity index (χ2n) is 21.3. The summed E-state index contributed by atoms with van der Waals surface area (Å²) < 4.78 is 22.7. The van der Waals surface area contributed by atoms with E-state index >= 15 is 0 Å². The minimum absolute atomic E-state index is 0.147. The normalized spacial score (nSPS) is 13.2. The second-order valence-corrected chi connectivity index (χ2v) is 21.3. The van der Waals surface area contributed by atoms with Crippen molar-refractivity contribution in [1.82, 2.24) is 0 Å². The van der Waals surface area contributed by atoms with Crippen LogP contribution in [0, 0.1) is 0 Å². The van der Waals surface area contributed by atoms with Crippen LogP contribution in [0.3, 0.4) is 0 Å². The molecular formula is C63H113NO8. The van der Waals surface area contributed by atoms with E-state index in [1.54, 1.807) is 0 Å². The Hall–Kier alpha value is -3.01. The Morgan fingerprint density at radius 2 is 0.792 bits per heavy atom. The van der Waals surface area contributed by atoms with Crippen LogP contribution in [0.25, 0.3) is 0 Å². The number of rotatable bonds is 55. The van der Waals surface area contributed by atoms with Gasteiger partial charge in [-0.15, -0.1) is 0 Å². The lowest BCUT2D eigenvalue weighted by Gasteiger charge is -2.26. The third-order valence-electron chi connectivity index (χ3n) is 13.0. The maximum atomic E-state index is 12.9. The first-order chi connectivity index (χ1) is 35.1. The van der Waals surface area contributed by atoms with Gasteiger partial charge in [-0.05, 0) is 57.8 Å². The summed E-state index contributed by atoms with van der Waals surface area (Å²) in [7, 11) is 5.93. The number of quaternary nitrogens is 1. The van der Waals surface area contributed by atoms with Crippen molar-refractivity contribution >= 4 is 17.9 Å². The van der Waals surface area contributed by atoms with Crippen molar-refractivity contribution in [3.63, 3.8) is 0 Å². The molecular weight excluding hydrogens is 899 g/mol. The van der Waals surface area contributed by atoms with E-state index < -0.39 is 24.3 Å². The average Bonchev–Trinajstić information content (AvgIpc) is 3.35. The van der Waals surface area contributed by atoms with Crippen LogP contribution in [0.1, 0.15) is 264 Å². The summed E-state index contributed by atoms with van der Waals surface area (Å²) in [5, 5.41) is 11.8. The molecule has 0 aliphatic rings. The number of hydrogen-bond acceptors (Lipinski definition) is 8. The molecule has 0 rings (SSSR count). The number of nitrogens with zero attached hydrogens (tertiary/aromatic N) is 1. The van der Waals surface area contributed by atoms with Crippen molar-refractivity contribution < 1.29 is 42.9 Å². The minimum Gasteiger partial charge on any atom is -0.545 e. The van der Waals surface area contributed by atoms with Crippen molar-refractivity contribution in [3.05, 3.63) is 60.8 Å². The van der Waals surface area contributed by atoms with E-state index in [1.807, 2.05) is 21.1 Å². The van der Waals surface area contributed by atoms with Gasteiger partial charge in [-0.2, -0.15) is 0 Å². The predicted molar refractivity (Wildman–Crippen MR) is 302 cm³/mol. The average molecular weight is 1010 g/mol. The van der Waals surface area contributed by atoms with Gasteiger partial charge in [0.1, 0.15) is 13.2 Å². The first kappa shape index (κ1) is 69.0. The van der Waals surface area contributed by atoms with Gasteiger partial charge in [-0.25, -0.2) is 0 Å². The number of ether oxygens (including phenoxy) is 4. The number of carbonyl (C=O) groups excluding carboxylic acids is 3. The monoisotopic (exact) mass is 1010 g/mol. The first-order valence-electron chi connectivity index (χ1n) is 29.9. The molecule has 0 saturated carbocycles. The third kappa shape index (κ3) is 54.8. The van der Waals surface area contributed by atoms with E-state index in [0.29, 0.717) is 23.9 Å². The van der Waals surface area contributed by atoms with Gasteiger partial charge in [0.25, 0.3) is 0 Å². The summed E-state index contributed by atoms with van der Waals surface area (Å²) in [4.78, 5) is 37.3. The van der Waals surface area contributed by atoms with E-state index in [0.717, 1.165) is 77.0 Å². The molecule has 0 amide bonds. The lowest BCUT2D eigenvalue weighted by Crippen LogP contribution is -2.44. The van der Waals surface area contributed by atoms with Crippen molar-refractivity contribution in [3.8, 4) is 0 Å². The number of hydrogen-bond donors (Lipinski definition) is 0. The zero-order valence-electron chi connectivity index (χ0n) is 47.5. The fourth-order valence-corrected chi connectivity index (χ4v) is 8.45. The number of esters is 2. The quantitative estimate of drug-likeness (QED) is 0.0195. The highest BCUT2D eigenvalue weighted by molar-refractivity contribution is 5.70. The number of carboxylic acid groups (broad SMARTS) is 1. The van der Waals surface area contributed by atoms with Crippen molar-refractivity contribution in [2.75, 3.05) is 47.5 Å². The van der Waals surface area contributed by atoms with Gasteiger partial charge >= 0.3 is 11.9 Å². The van der Waals surface area contributed by atoms with Crippen molar-refractivity contribution in [2.45, 2.75) is 277 Å². The topological polar surface area (TPSA) is 111 Å². The second kappa shape index (κ2) is 54.3. The Kier molecular flexibility index (Phi) is 52.0. The molecule has 0 aliphatic heterocycles. The molecule has 9 heteroatoms. The summed E-state index contributed by atoms with van der Waals surface area (Å²) in [5.74, 6) is -2.27. The van der Waals surface area contributed by atoms with Gasteiger partial charge in [0.05, 0.1) is 40.3 Å². The minimum atomic E-state index is -1.62. The Morgan fingerprint density at radius 1 is 0.431 bits per heavy atom. The van der Waals surface area contributed by atoms with Gasteiger partial charge in [0, 0.05) is 12.8 Å². The fourth-order valence-electron chi connectivity index (χ4n) is 8.45. The van der Waals surface area contributed by atoms with E-state index in [2.05, 4.69) is 74.6 Å². The predicted octanol–water partition coefficient (Wildman–Crippen LogP) is 16.3. The third-order valence-corrected chi connectivity index (χ3v) is 13.0. The summed E-state index contributed by atoms with van der Waals surface area (Å²) in [5.41, 5.74) is 0. The van der Waals surface area contributed by atoms with Crippen LogP contribution in [0.5, 0.6) is 0 Å². The zero-order valence-corrected chi connectivity index (χ0v) is 47.5. The number of carboxylic acids is 1. The molecule has 418 valence electrons. The van der Waals surface area contributed by atoms with Crippen molar-refractivity contribution in [2.24, 2.45) is 0 Å².